The normalized spacial score (nSPS) is 13.7. The zero-order chi connectivity index (χ0) is 19.0. The fourth-order valence-electron chi connectivity index (χ4n) is 3.42. The molecule has 1 unspecified atom stereocenters. The van der Waals surface area contributed by atoms with Gasteiger partial charge in [-0.2, -0.15) is 0 Å². The van der Waals surface area contributed by atoms with Crippen molar-refractivity contribution in [2.45, 2.75) is 38.3 Å². The molecule has 0 heterocycles. The summed E-state index contributed by atoms with van der Waals surface area (Å²) in [5.41, 5.74) is 0. The Kier molecular flexibility index (Phi) is 7.15. The standard InChI is InChI=1S/C23H30O2Si/c1-5-20(14-12-13-19-24)25-26(23(2,3)4,21-15-8-6-9-16-21)22-17-10-7-11-18-22/h5-13,15-18,20,24H,1,14,19H2,2-4H3/b13-12+. The average Bonchev–Trinajstić information content (AvgIpc) is 2.65. The van der Waals surface area contributed by atoms with Gasteiger partial charge in [-0.25, -0.2) is 0 Å². The first-order chi connectivity index (χ1) is 12.5. The van der Waals surface area contributed by atoms with Gasteiger partial charge in [0.1, 0.15) is 0 Å². The van der Waals surface area contributed by atoms with Crippen molar-refractivity contribution >= 4 is 18.7 Å². The summed E-state index contributed by atoms with van der Waals surface area (Å²) in [6.45, 7) is 10.8. The summed E-state index contributed by atoms with van der Waals surface area (Å²) >= 11 is 0. The molecule has 0 saturated heterocycles. The molecule has 2 aromatic carbocycles. The zero-order valence-electron chi connectivity index (χ0n) is 16.1. The van der Waals surface area contributed by atoms with E-state index in [1.54, 1.807) is 6.08 Å². The third kappa shape index (κ3) is 4.42. The van der Waals surface area contributed by atoms with E-state index in [1.807, 2.05) is 24.3 Å². The maximum atomic E-state index is 9.02. The molecule has 0 radical (unpaired) electrons. The van der Waals surface area contributed by atoms with E-state index in [2.05, 4.69) is 75.9 Å². The van der Waals surface area contributed by atoms with Gasteiger partial charge in [-0.15, -0.1) is 6.58 Å². The van der Waals surface area contributed by atoms with Crippen LogP contribution in [0, 0.1) is 0 Å². The van der Waals surface area contributed by atoms with Crippen LogP contribution in [-0.4, -0.2) is 26.1 Å². The van der Waals surface area contributed by atoms with Gasteiger partial charge in [-0.3, -0.25) is 0 Å². The molecular formula is C23H30O2Si. The Morgan fingerprint density at radius 2 is 1.46 bits per heavy atom. The highest BCUT2D eigenvalue weighted by Gasteiger charge is 2.51. The van der Waals surface area contributed by atoms with E-state index in [9.17, 15) is 0 Å². The zero-order valence-corrected chi connectivity index (χ0v) is 17.1. The third-order valence-corrected chi connectivity index (χ3v) is 9.71. The van der Waals surface area contributed by atoms with E-state index >= 15 is 0 Å². The SMILES string of the molecule is C=CC(C/C=C/CO)O[Si](c1ccccc1)(c1ccccc1)C(C)(C)C. The topological polar surface area (TPSA) is 29.5 Å². The van der Waals surface area contributed by atoms with Gasteiger partial charge in [0.2, 0.25) is 0 Å². The predicted octanol–water partition coefficient (Wildman–Crippen LogP) is 4.06. The number of rotatable bonds is 8. The largest absolute Gasteiger partial charge is 0.401 e. The highest BCUT2D eigenvalue weighted by atomic mass is 28.4. The summed E-state index contributed by atoms with van der Waals surface area (Å²) < 4.78 is 6.96. The molecular weight excluding hydrogens is 336 g/mol. The molecule has 0 aliphatic carbocycles. The van der Waals surface area contributed by atoms with Crippen molar-refractivity contribution in [3.8, 4) is 0 Å². The molecule has 26 heavy (non-hydrogen) atoms. The lowest BCUT2D eigenvalue weighted by atomic mass is 10.2. The third-order valence-electron chi connectivity index (χ3n) is 4.65. The molecule has 0 saturated carbocycles. The smallest absolute Gasteiger partial charge is 0.261 e. The van der Waals surface area contributed by atoms with E-state index in [0.717, 1.165) is 0 Å². The second-order valence-electron chi connectivity index (χ2n) is 7.44. The van der Waals surface area contributed by atoms with Gasteiger partial charge in [0, 0.05) is 0 Å². The van der Waals surface area contributed by atoms with Gasteiger partial charge in [-0.05, 0) is 21.8 Å². The molecule has 2 nitrogen and oxygen atoms in total. The van der Waals surface area contributed by atoms with E-state index in [0.29, 0.717) is 6.42 Å². The van der Waals surface area contributed by atoms with Gasteiger partial charge in [0.05, 0.1) is 12.7 Å². The lowest BCUT2D eigenvalue weighted by Crippen LogP contribution is -2.67. The lowest BCUT2D eigenvalue weighted by molar-refractivity contribution is 0.236. The first kappa shape index (κ1) is 20.4. The molecule has 2 rings (SSSR count). The number of aliphatic hydroxyl groups excluding tert-OH is 1. The lowest BCUT2D eigenvalue weighted by Gasteiger charge is -2.44. The summed E-state index contributed by atoms with van der Waals surface area (Å²) in [6.07, 6.45) is 6.19. The van der Waals surface area contributed by atoms with Crippen molar-refractivity contribution in [1.82, 2.24) is 0 Å². The van der Waals surface area contributed by atoms with Crippen LogP contribution in [0.15, 0.2) is 85.5 Å². The van der Waals surface area contributed by atoms with Crippen molar-refractivity contribution in [2.75, 3.05) is 6.61 Å². The van der Waals surface area contributed by atoms with Crippen LogP contribution >= 0.6 is 0 Å². The molecule has 0 bridgehead atoms. The quantitative estimate of drug-likeness (QED) is 0.564. The Morgan fingerprint density at radius 3 is 1.85 bits per heavy atom. The fourth-order valence-corrected chi connectivity index (χ4v) is 8.08. The second kappa shape index (κ2) is 9.13. The van der Waals surface area contributed by atoms with Crippen molar-refractivity contribution in [3.05, 3.63) is 85.5 Å². The minimum atomic E-state index is -2.56. The van der Waals surface area contributed by atoms with Gasteiger partial charge in [0.15, 0.2) is 0 Å². The van der Waals surface area contributed by atoms with E-state index in [1.165, 1.54) is 10.4 Å². The monoisotopic (exact) mass is 366 g/mol. The predicted molar refractivity (Wildman–Crippen MR) is 114 cm³/mol. The summed E-state index contributed by atoms with van der Waals surface area (Å²) in [6, 6.07) is 21.2. The van der Waals surface area contributed by atoms with Crippen LogP contribution in [0.5, 0.6) is 0 Å². The van der Waals surface area contributed by atoms with Gasteiger partial charge < -0.3 is 9.53 Å². The molecule has 0 spiro atoms. The molecule has 1 N–H and O–H groups in total. The minimum absolute atomic E-state index is 0.0447. The number of benzene rings is 2. The maximum absolute atomic E-state index is 9.02. The van der Waals surface area contributed by atoms with Crippen LogP contribution in [0.2, 0.25) is 5.04 Å². The van der Waals surface area contributed by atoms with Crippen LogP contribution in [0.3, 0.4) is 0 Å². The second-order valence-corrected chi connectivity index (χ2v) is 11.7. The molecule has 0 amide bonds. The molecule has 0 aliphatic heterocycles. The summed E-state index contributed by atoms with van der Waals surface area (Å²) in [5.74, 6) is 0. The Bertz CT molecular complexity index is 662. The van der Waals surface area contributed by atoms with Crippen molar-refractivity contribution < 1.29 is 9.53 Å². The number of hydrogen-bond donors (Lipinski definition) is 1. The molecule has 2 aromatic rings. The number of hydrogen-bond acceptors (Lipinski definition) is 2. The average molecular weight is 367 g/mol. The summed E-state index contributed by atoms with van der Waals surface area (Å²) in [7, 11) is -2.56. The maximum Gasteiger partial charge on any atom is 0.261 e. The Morgan fingerprint density at radius 1 is 0.962 bits per heavy atom. The van der Waals surface area contributed by atoms with Crippen LogP contribution < -0.4 is 10.4 Å². The van der Waals surface area contributed by atoms with Crippen molar-refractivity contribution in [1.29, 1.82) is 0 Å². The summed E-state index contributed by atoms with van der Waals surface area (Å²) in [5, 5.41) is 11.5. The Labute approximate surface area is 159 Å². The highest BCUT2D eigenvalue weighted by molar-refractivity contribution is 6.99. The van der Waals surface area contributed by atoms with Gasteiger partial charge in [0.25, 0.3) is 8.32 Å². The first-order valence-electron chi connectivity index (χ1n) is 9.13. The molecule has 0 aliphatic rings. The molecule has 3 heteroatoms. The molecule has 0 fully saturated rings. The minimum Gasteiger partial charge on any atom is -0.401 e. The van der Waals surface area contributed by atoms with Gasteiger partial charge in [-0.1, -0.05) is 99.7 Å². The van der Waals surface area contributed by atoms with Crippen molar-refractivity contribution in [2.24, 2.45) is 0 Å². The molecule has 1 atom stereocenters. The number of aliphatic hydroxyl groups is 1. The first-order valence-corrected chi connectivity index (χ1v) is 11.0. The highest BCUT2D eigenvalue weighted by Crippen LogP contribution is 2.37. The van der Waals surface area contributed by atoms with Crippen molar-refractivity contribution in [3.63, 3.8) is 0 Å². The molecule has 138 valence electrons. The van der Waals surface area contributed by atoms with E-state index in [4.69, 9.17) is 9.53 Å². The van der Waals surface area contributed by atoms with Gasteiger partial charge >= 0.3 is 0 Å². The van der Waals surface area contributed by atoms with Crippen LogP contribution in [0.4, 0.5) is 0 Å². The van der Waals surface area contributed by atoms with Crippen LogP contribution in [0.25, 0.3) is 0 Å². The Hall–Kier alpha value is -1.94. The fraction of sp³-hybridized carbons (Fsp3) is 0.304. The summed E-state index contributed by atoms with van der Waals surface area (Å²) in [4.78, 5) is 0. The van der Waals surface area contributed by atoms with Crippen LogP contribution in [0.1, 0.15) is 27.2 Å². The Balaban J connectivity index is 2.60. The van der Waals surface area contributed by atoms with Crippen LogP contribution in [-0.2, 0) is 4.43 Å². The van der Waals surface area contributed by atoms with E-state index < -0.39 is 8.32 Å². The van der Waals surface area contributed by atoms with E-state index in [-0.39, 0.29) is 17.7 Å². The molecule has 0 aromatic heterocycles.